The Hall–Kier alpha value is -1.79. The smallest absolute Gasteiger partial charge is 0.231 e. The van der Waals surface area contributed by atoms with E-state index in [4.69, 9.17) is 14.2 Å². The Morgan fingerprint density at radius 2 is 1.90 bits per heavy atom. The van der Waals surface area contributed by atoms with Crippen LogP contribution in [0.4, 0.5) is 4.39 Å². The van der Waals surface area contributed by atoms with Gasteiger partial charge in [-0.2, -0.15) is 0 Å². The van der Waals surface area contributed by atoms with E-state index in [0.29, 0.717) is 28.4 Å². The van der Waals surface area contributed by atoms with Gasteiger partial charge < -0.3 is 19.3 Å². The van der Waals surface area contributed by atoms with Crippen molar-refractivity contribution in [1.82, 2.24) is 0 Å². The van der Waals surface area contributed by atoms with Crippen LogP contribution in [0.2, 0.25) is 0 Å². The van der Waals surface area contributed by atoms with Crippen molar-refractivity contribution in [3.8, 4) is 17.2 Å². The molecule has 1 heterocycles. The lowest BCUT2D eigenvalue weighted by molar-refractivity contribution is 0.173. The molecule has 0 radical (unpaired) electrons. The second kappa shape index (κ2) is 5.91. The molecule has 0 amide bonds. The van der Waals surface area contributed by atoms with E-state index in [1.165, 1.54) is 6.07 Å². The molecule has 6 heteroatoms. The molecule has 0 saturated heterocycles. The molecule has 1 aliphatic heterocycles. The molecule has 21 heavy (non-hydrogen) atoms. The summed E-state index contributed by atoms with van der Waals surface area (Å²) in [5.74, 6) is 1.22. The third-order valence-electron chi connectivity index (χ3n) is 3.12. The zero-order valence-corrected chi connectivity index (χ0v) is 12.5. The van der Waals surface area contributed by atoms with Crippen LogP contribution in [0, 0.1) is 5.82 Å². The first kappa shape index (κ1) is 14.2. The normalized spacial score (nSPS) is 12.5. The van der Waals surface area contributed by atoms with E-state index in [1.54, 1.807) is 24.3 Å². The predicted molar refractivity (Wildman–Crippen MR) is 76.9 cm³/mol. The van der Waals surface area contributed by atoms with Crippen LogP contribution in [0.25, 0.3) is 0 Å². The summed E-state index contributed by atoms with van der Waals surface area (Å²) in [5.41, 5.74) is 0.987. The van der Waals surface area contributed by atoms with Gasteiger partial charge in [0.15, 0.2) is 11.5 Å². The van der Waals surface area contributed by atoms with Gasteiger partial charge in [0.25, 0.3) is 0 Å². The van der Waals surface area contributed by atoms with Gasteiger partial charge in [0.05, 0.1) is 6.61 Å². The quantitative estimate of drug-likeness (QED) is 0.914. The van der Waals surface area contributed by atoms with Crippen molar-refractivity contribution in [1.29, 1.82) is 0 Å². The lowest BCUT2D eigenvalue weighted by Crippen LogP contribution is -2.01. The lowest BCUT2D eigenvalue weighted by atomic mass is 10.2. The van der Waals surface area contributed by atoms with E-state index in [1.807, 2.05) is 0 Å². The van der Waals surface area contributed by atoms with Crippen molar-refractivity contribution in [2.45, 2.75) is 13.2 Å². The summed E-state index contributed by atoms with van der Waals surface area (Å²) >= 11 is 3.29. The zero-order valence-electron chi connectivity index (χ0n) is 10.9. The van der Waals surface area contributed by atoms with E-state index in [2.05, 4.69) is 15.9 Å². The SMILES string of the molecule is OCc1cc2c(cc1OCc1cc(Br)ccc1F)OCO2. The van der Waals surface area contributed by atoms with Crippen LogP contribution < -0.4 is 14.2 Å². The molecule has 0 unspecified atom stereocenters. The summed E-state index contributed by atoms with van der Waals surface area (Å²) in [6, 6.07) is 7.95. The monoisotopic (exact) mass is 354 g/mol. The number of rotatable bonds is 4. The molecule has 0 spiro atoms. The molecule has 2 aromatic rings. The number of halogens is 2. The first-order chi connectivity index (χ1) is 10.2. The number of hydrogen-bond acceptors (Lipinski definition) is 4. The maximum Gasteiger partial charge on any atom is 0.231 e. The summed E-state index contributed by atoms with van der Waals surface area (Å²) in [6.07, 6.45) is 0. The highest BCUT2D eigenvalue weighted by molar-refractivity contribution is 9.10. The average molecular weight is 355 g/mol. The van der Waals surface area contributed by atoms with Gasteiger partial charge in [-0.15, -0.1) is 0 Å². The summed E-state index contributed by atoms with van der Waals surface area (Å²) in [7, 11) is 0. The first-order valence-electron chi connectivity index (χ1n) is 6.27. The molecule has 0 aliphatic carbocycles. The van der Waals surface area contributed by atoms with Crippen LogP contribution in [0.1, 0.15) is 11.1 Å². The van der Waals surface area contributed by atoms with Gasteiger partial charge in [0, 0.05) is 21.7 Å². The second-order valence-corrected chi connectivity index (χ2v) is 5.41. The maximum atomic E-state index is 13.7. The summed E-state index contributed by atoms with van der Waals surface area (Å²) in [6.45, 7) is -0.00519. The minimum Gasteiger partial charge on any atom is -0.488 e. The molecule has 1 N–H and O–H groups in total. The Bertz CT molecular complexity index is 675. The number of ether oxygens (including phenoxy) is 3. The first-order valence-corrected chi connectivity index (χ1v) is 7.07. The van der Waals surface area contributed by atoms with Crippen LogP contribution in [0.5, 0.6) is 17.2 Å². The van der Waals surface area contributed by atoms with Crippen molar-refractivity contribution in [3.05, 3.63) is 51.7 Å². The fourth-order valence-corrected chi connectivity index (χ4v) is 2.44. The van der Waals surface area contributed by atoms with Crippen molar-refractivity contribution < 1.29 is 23.7 Å². The Morgan fingerprint density at radius 1 is 1.14 bits per heavy atom. The van der Waals surface area contributed by atoms with Crippen molar-refractivity contribution >= 4 is 15.9 Å². The fraction of sp³-hybridized carbons (Fsp3) is 0.200. The molecule has 2 aromatic carbocycles. The Kier molecular flexibility index (Phi) is 3.98. The largest absolute Gasteiger partial charge is 0.488 e. The van der Waals surface area contributed by atoms with Gasteiger partial charge in [-0.1, -0.05) is 15.9 Å². The summed E-state index contributed by atoms with van der Waals surface area (Å²) in [5, 5.41) is 9.39. The highest BCUT2D eigenvalue weighted by Crippen LogP contribution is 2.38. The highest BCUT2D eigenvalue weighted by atomic mass is 79.9. The maximum absolute atomic E-state index is 13.7. The zero-order chi connectivity index (χ0) is 14.8. The lowest BCUT2D eigenvalue weighted by Gasteiger charge is -2.12. The molecular weight excluding hydrogens is 343 g/mol. The molecule has 1 aliphatic rings. The Labute approximate surface area is 129 Å². The molecule has 0 bridgehead atoms. The molecule has 4 nitrogen and oxygen atoms in total. The number of hydrogen-bond donors (Lipinski definition) is 1. The topological polar surface area (TPSA) is 47.9 Å². The minimum absolute atomic E-state index is 0.0535. The average Bonchev–Trinajstić information content (AvgIpc) is 2.94. The van der Waals surface area contributed by atoms with Crippen LogP contribution in [0.15, 0.2) is 34.8 Å². The van der Waals surface area contributed by atoms with Crippen molar-refractivity contribution in [2.24, 2.45) is 0 Å². The van der Waals surface area contributed by atoms with Gasteiger partial charge in [-0.25, -0.2) is 4.39 Å². The highest BCUT2D eigenvalue weighted by Gasteiger charge is 2.18. The molecule has 110 valence electrons. The summed E-state index contributed by atoms with van der Waals surface area (Å²) < 4.78 is 30.6. The number of aliphatic hydroxyl groups is 1. The van der Waals surface area contributed by atoms with Crippen LogP contribution >= 0.6 is 15.9 Å². The number of benzene rings is 2. The van der Waals surface area contributed by atoms with Crippen molar-refractivity contribution in [2.75, 3.05) is 6.79 Å². The molecule has 0 saturated carbocycles. The van der Waals surface area contributed by atoms with Crippen LogP contribution in [0.3, 0.4) is 0 Å². The van der Waals surface area contributed by atoms with Crippen LogP contribution in [-0.4, -0.2) is 11.9 Å². The minimum atomic E-state index is -0.343. The molecule has 3 rings (SSSR count). The van der Waals surface area contributed by atoms with Gasteiger partial charge in [-0.05, 0) is 24.3 Å². The molecular formula is C15H12BrFO4. The number of aliphatic hydroxyl groups excluding tert-OH is 1. The predicted octanol–water partition coefficient (Wildman–Crippen LogP) is 3.39. The Morgan fingerprint density at radius 3 is 2.67 bits per heavy atom. The third-order valence-corrected chi connectivity index (χ3v) is 3.61. The molecule has 0 fully saturated rings. The van der Waals surface area contributed by atoms with Gasteiger partial charge >= 0.3 is 0 Å². The van der Waals surface area contributed by atoms with E-state index in [-0.39, 0.29) is 25.8 Å². The van der Waals surface area contributed by atoms with Gasteiger partial charge in [0.2, 0.25) is 6.79 Å². The van der Waals surface area contributed by atoms with E-state index < -0.39 is 0 Å². The standard InChI is InChI=1S/C15H12BrFO4/c16-11-1-2-12(17)10(3-11)7-19-13-5-15-14(20-8-21-15)4-9(13)6-18/h1-5,18H,6-8H2. The van der Waals surface area contributed by atoms with E-state index >= 15 is 0 Å². The van der Waals surface area contributed by atoms with Crippen LogP contribution in [-0.2, 0) is 13.2 Å². The van der Waals surface area contributed by atoms with Gasteiger partial charge in [0.1, 0.15) is 18.2 Å². The van der Waals surface area contributed by atoms with E-state index in [0.717, 1.165) is 4.47 Å². The van der Waals surface area contributed by atoms with E-state index in [9.17, 15) is 9.50 Å². The fourth-order valence-electron chi connectivity index (χ4n) is 2.03. The van der Waals surface area contributed by atoms with Gasteiger partial charge in [-0.3, -0.25) is 0 Å². The third kappa shape index (κ3) is 2.96. The molecule has 0 atom stereocenters. The second-order valence-electron chi connectivity index (χ2n) is 4.50. The number of fused-ring (bicyclic) bond motifs is 1. The van der Waals surface area contributed by atoms with Crippen molar-refractivity contribution in [3.63, 3.8) is 0 Å². The summed E-state index contributed by atoms with van der Waals surface area (Å²) in [4.78, 5) is 0. The molecule has 0 aromatic heterocycles. The Balaban J connectivity index is 1.83.